The second-order valence-electron chi connectivity index (χ2n) is 10.3. The highest BCUT2D eigenvalue weighted by Gasteiger charge is 2.36. The summed E-state index contributed by atoms with van der Waals surface area (Å²) in [6.45, 7) is 5.67. The van der Waals surface area contributed by atoms with Crippen LogP contribution in [-0.4, -0.2) is 69.6 Å². The quantitative estimate of drug-likeness (QED) is 0.516. The molecule has 196 valence electrons. The maximum atomic E-state index is 13.5. The Balaban J connectivity index is 1.25. The minimum atomic E-state index is -0.526. The largest absolute Gasteiger partial charge is 0.352 e. The van der Waals surface area contributed by atoms with E-state index in [-0.39, 0.29) is 18.0 Å². The minimum Gasteiger partial charge on any atom is -0.352 e. The number of carbonyl (C=O) groups is 2. The van der Waals surface area contributed by atoms with Gasteiger partial charge in [0.25, 0.3) is 0 Å². The average Bonchev–Trinajstić information content (AvgIpc) is 3.24. The van der Waals surface area contributed by atoms with Gasteiger partial charge in [-0.2, -0.15) is 0 Å². The smallest absolute Gasteiger partial charge is 0.318 e. The number of aromatic nitrogens is 2. The molecule has 1 aliphatic heterocycles. The van der Waals surface area contributed by atoms with E-state index in [2.05, 4.69) is 43.3 Å². The lowest BCUT2D eigenvalue weighted by Gasteiger charge is -2.41. The highest BCUT2D eigenvalue weighted by molar-refractivity contribution is 5.87. The van der Waals surface area contributed by atoms with Crippen molar-refractivity contribution in [2.75, 3.05) is 26.2 Å². The first kappa shape index (κ1) is 25.3. The van der Waals surface area contributed by atoms with Gasteiger partial charge in [-0.3, -0.25) is 9.69 Å². The summed E-state index contributed by atoms with van der Waals surface area (Å²) >= 11 is 0. The summed E-state index contributed by atoms with van der Waals surface area (Å²) < 4.78 is 2.13. The molecule has 5 rings (SSSR count). The number of urea groups is 1. The Morgan fingerprint density at radius 1 is 0.973 bits per heavy atom. The minimum absolute atomic E-state index is 0.0985. The van der Waals surface area contributed by atoms with Crippen LogP contribution in [0.15, 0.2) is 54.6 Å². The highest BCUT2D eigenvalue weighted by atomic mass is 16.2. The number of piperazine rings is 1. The molecule has 0 spiro atoms. The van der Waals surface area contributed by atoms with Crippen molar-refractivity contribution in [2.24, 2.45) is 0 Å². The SMILES string of the molecule is Cc1nc2ccccc2n1CCNC(=O)[C@H]1CN(Cc2ccccc2)CCN1C(=O)NC1CCCCC1. The van der Waals surface area contributed by atoms with Crippen LogP contribution < -0.4 is 10.6 Å². The molecule has 8 heteroatoms. The fourth-order valence-electron chi connectivity index (χ4n) is 5.68. The van der Waals surface area contributed by atoms with Gasteiger partial charge in [-0.05, 0) is 37.5 Å². The number of hydrogen-bond acceptors (Lipinski definition) is 4. The van der Waals surface area contributed by atoms with Gasteiger partial charge in [0, 0.05) is 45.3 Å². The molecule has 3 aromatic rings. The molecular formula is C29H38N6O2. The van der Waals surface area contributed by atoms with E-state index in [0.717, 1.165) is 55.6 Å². The van der Waals surface area contributed by atoms with Crippen molar-refractivity contribution in [3.05, 3.63) is 66.0 Å². The molecule has 2 aliphatic rings. The van der Waals surface area contributed by atoms with Crippen LogP contribution in [-0.2, 0) is 17.9 Å². The van der Waals surface area contributed by atoms with E-state index < -0.39 is 6.04 Å². The van der Waals surface area contributed by atoms with Gasteiger partial charge in [0.2, 0.25) is 5.91 Å². The van der Waals surface area contributed by atoms with Crippen LogP contribution in [0.2, 0.25) is 0 Å². The summed E-state index contributed by atoms with van der Waals surface area (Å²) in [5.41, 5.74) is 3.24. The third-order valence-corrected chi connectivity index (χ3v) is 7.69. The van der Waals surface area contributed by atoms with Crippen LogP contribution in [0, 0.1) is 6.92 Å². The lowest BCUT2D eigenvalue weighted by atomic mass is 9.95. The molecule has 0 radical (unpaired) electrons. The predicted octanol–water partition coefficient (Wildman–Crippen LogP) is 3.69. The first-order valence-electron chi connectivity index (χ1n) is 13.6. The number of rotatable bonds is 7. The maximum Gasteiger partial charge on any atom is 0.318 e. The zero-order valence-corrected chi connectivity index (χ0v) is 21.7. The third kappa shape index (κ3) is 6.13. The molecule has 0 unspecified atom stereocenters. The van der Waals surface area contributed by atoms with Gasteiger partial charge in [-0.25, -0.2) is 9.78 Å². The predicted molar refractivity (Wildman–Crippen MR) is 145 cm³/mol. The zero-order valence-electron chi connectivity index (χ0n) is 21.7. The van der Waals surface area contributed by atoms with E-state index in [1.807, 2.05) is 43.3 Å². The van der Waals surface area contributed by atoms with Crippen LogP contribution in [0.3, 0.4) is 0 Å². The fraction of sp³-hybridized carbons (Fsp3) is 0.483. The van der Waals surface area contributed by atoms with Crippen molar-refractivity contribution < 1.29 is 9.59 Å². The Bertz CT molecular complexity index is 1200. The number of amides is 3. The van der Waals surface area contributed by atoms with Crippen molar-refractivity contribution in [3.63, 3.8) is 0 Å². The Kier molecular flexibility index (Phi) is 8.04. The van der Waals surface area contributed by atoms with Gasteiger partial charge >= 0.3 is 6.03 Å². The van der Waals surface area contributed by atoms with E-state index in [9.17, 15) is 9.59 Å². The highest BCUT2D eigenvalue weighted by Crippen LogP contribution is 2.20. The number of nitrogens with one attached hydrogen (secondary N) is 2. The van der Waals surface area contributed by atoms with E-state index in [4.69, 9.17) is 0 Å². The van der Waals surface area contributed by atoms with Crippen molar-refractivity contribution in [1.29, 1.82) is 0 Å². The second-order valence-corrected chi connectivity index (χ2v) is 10.3. The van der Waals surface area contributed by atoms with E-state index in [0.29, 0.717) is 26.2 Å². The topological polar surface area (TPSA) is 82.5 Å². The van der Waals surface area contributed by atoms with Crippen LogP contribution in [0.4, 0.5) is 4.79 Å². The number of aryl methyl sites for hydroxylation is 1. The maximum absolute atomic E-state index is 13.5. The number of carbonyl (C=O) groups excluding carboxylic acids is 2. The number of benzene rings is 2. The molecule has 2 N–H and O–H groups in total. The Morgan fingerprint density at radius 3 is 2.54 bits per heavy atom. The summed E-state index contributed by atoms with van der Waals surface area (Å²) in [7, 11) is 0. The molecule has 2 fully saturated rings. The molecule has 1 aromatic heterocycles. The third-order valence-electron chi connectivity index (χ3n) is 7.69. The summed E-state index contributed by atoms with van der Waals surface area (Å²) in [4.78, 5) is 35.4. The Morgan fingerprint density at radius 2 is 1.73 bits per heavy atom. The molecular weight excluding hydrogens is 464 g/mol. The number of fused-ring (bicyclic) bond motifs is 1. The van der Waals surface area contributed by atoms with E-state index in [1.165, 1.54) is 12.0 Å². The van der Waals surface area contributed by atoms with Crippen molar-refractivity contribution in [1.82, 2.24) is 30.0 Å². The molecule has 1 atom stereocenters. The van der Waals surface area contributed by atoms with Crippen LogP contribution >= 0.6 is 0 Å². The monoisotopic (exact) mass is 502 g/mol. The Labute approximate surface area is 219 Å². The van der Waals surface area contributed by atoms with Gasteiger partial charge in [0.15, 0.2) is 0 Å². The Hall–Kier alpha value is -3.39. The summed E-state index contributed by atoms with van der Waals surface area (Å²) in [5.74, 6) is 0.828. The van der Waals surface area contributed by atoms with Gasteiger partial charge in [-0.15, -0.1) is 0 Å². The molecule has 1 saturated heterocycles. The molecule has 2 heterocycles. The molecule has 37 heavy (non-hydrogen) atoms. The normalized spacial score (nSPS) is 19.2. The second kappa shape index (κ2) is 11.8. The summed E-state index contributed by atoms with van der Waals surface area (Å²) in [6.07, 6.45) is 5.59. The van der Waals surface area contributed by atoms with Crippen molar-refractivity contribution in [2.45, 2.75) is 64.2 Å². The zero-order chi connectivity index (χ0) is 25.6. The molecule has 0 bridgehead atoms. The lowest BCUT2D eigenvalue weighted by molar-refractivity contribution is -0.127. The summed E-state index contributed by atoms with van der Waals surface area (Å²) in [5, 5.41) is 6.34. The fourth-order valence-corrected chi connectivity index (χ4v) is 5.68. The number of hydrogen-bond donors (Lipinski definition) is 2. The van der Waals surface area contributed by atoms with Crippen LogP contribution in [0.5, 0.6) is 0 Å². The molecule has 1 saturated carbocycles. The van der Waals surface area contributed by atoms with E-state index in [1.54, 1.807) is 4.90 Å². The number of imidazole rings is 1. The summed E-state index contributed by atoms with van der Waals surface area (Å²) in [6, 6.07) is 17.9. The average molecular weight is 503 g/mol. The molecule has 2 aromatic carbocycles. The van der Waals surface area contributed by atoms with Crippen LogP contribution in [0.1, 0.15) is 43.5 Å². The van der Waals surface area contributed by atoms with Gasteiger partial charge in [0.05, 0.1) is 11.0 Å². The van der Waals surface area contributed by atoms with Crippen LogP contribution in [0.25, 0.3) is 11.0 Å². The first-order chi connectivity index (χ1) is 18.1. The standard InChI is InChI=1S/C29H38N6O2/c1-22-31-25-14-8-9-15-26(25)34(22)17-16-30-28(36)27-21-33(20-23-10-4-2-5-11-23)18-19-35(27)29(37)32-24-12-6-3-7-13-24/h2,4-5,8-11,14-15,24,27H,3,6-7,12-13,16-21H2,1H3,(H,30,36)(H,32,37)/t27-/m1/s1. The molecule has 1 aliphatic carbocycles. The van der Waals surface area contributed by atoms with Gasteiger partial charge in [-0.1, -0.05) is 61.7 Å². The number of nitrogens with zero attached hydrogens (tertiary/aromatic N) is 4. The molecule has 8 nitrogen and oxygen atoms in total. The van der Waals surface area contributed by atoms with Gasteiger partial charge in [0.1, 0.15) is 11.9 Å². The first-order valence-corrected chi connectivity index (χ1v) is 13.6. The van der Waals surface area contributed by atoms with Crippen molar-refractivity contribution in [3.8, 4) is 0 Å². The lowest BCUT2D eigenvalue weighted by Crippen LogP contribution is -2.63. The number of para-hydroxylation sites is 2. The van der Waals surface area contributed by atoms with Gasteiger partial charge < -0.3 is 20.1 Å². The molecule has 3 amide bonds. The van der Waals surface area contributed by atoms with Crippen molar-refractivity contribution >= 4 is 23.0 Å². The van der Waals surface area contributed by atoms with E-state index >= 15 is 0 Å².